The van der Waals surface area contributed by atoms with E-state index in [2.05, 4.69) is 19.2 Å². The van der Waals surface area contributed by atoms with Crippen molar-refractivity contribution in [1.29, 1.82) is 0 Å². The zero-order chi connectivity index (χ0) is 12.1. The summed E-state index contributed by atoms with van der Waals surface area (Å²) < 4.78 is 0. The van der Waals surface area contributed by atoms with Crippen LogP contribution in [0, 0.1) is 11.8 Å². The molecular formula is C13H26N2O. The summed E-state index contributed by atoms with van der Waals surface area (Å²) in [6.45, 7) is 6.18. The van der Waals surface area contributed by atoms with Crippen molar-refractivity contribution in [3.63, 3.8) is 0 Å². The van der Waals surface area contributed by atoms with Gasteiger partial charge in [0, 0.05) is 18.0 Å². The lowest BCUT2D eigenvalue weighted by Crippen LogP contribution is -2.41. The van der Waals surface area contributed by atoms with E-state index >= 15 is 0 Å². The van der Waals surface area contributed by atoms with Crippen LogP contribution in [0.15, 0.2) is 0 Å². The third-order valence-corrected chi connectivity index (χ3v) is 3.88. The maximum absolute atomic E-state index is 12.0. The molecule has 3 nitrogen and oxygen atoms in total. The first-order valence-electron chi connectivity index (χ1n) is 6.60. The molecule has 0 aliphatic heterocycles. The van der Waals surface area contributed by atoms with Crippen LogP contribution in [0.3, 0.4) is 0 Å². The summed E-state index contributed by atoms with van der Waals surface area (Å²) in [6, 6.07) is 0.588. The van der Waals surface area contributed by atoms with E-state index < -0.39 is 0 Å². The summed E-state index contributed by atoms with van der Waals surface area (Å²) in [4.78, 5) is 12.0. The van der Waals surface area contributed by atoms with Gasteiger partial charge < -0.3 is 11.1 Å². The van der Waals surface area contributed by atoms with E-state index in [1.807, 2.05) is 6.92 Å². The molecule has 1 aliphatic carbocycles. The molecule has 0 saturated heterocycles. The Morgan fingerprint density at radius 2 is 2.12 bits per heavy atom. The summed E-state index contributed by atoms with van der Waals surface area (Å²) in [7, 11) is 0. The molecule has 0 heterocycles. The van der Waals surface area contributed by atoms with Gasteiger partial charge in [-0.1, -0.05) is 20.3 Å². The Morgan fingerprint density at radius 3 is 2.69 bits per heavy atom. The largest absolute Gasteiger partial charge is 0.353 e. The first-order chi connectivity index (χ1) is 7.54. The normalized spacial score (nSPS) is 29.5. The smallest absolute Gasteiger partial charge is 0.223 e. The molecule has 4 atom stereocenters. The molecular weight excluding hydrogens is 200 g/mol. The van der Waals surface area contributed by atoms with Crippen LogP contribution in [0.25, 0.3) is 0 Å². The highest BCUT2D eigenvalue weighted by atomic mass is 16.1. The summed E-state index contributed by atoms with van der Waals surface area (Å²) in [5.74, 6) is 0.793. The van der Waals surface area contributed by atoms with E-state index in [1.165, 1.54) is 6.42 Å². The Morgan fingerprint density at radius 1 is 1.44 bits per heavy atom. The average Bonchev–Trinajstić information content (AvgIpc) is 2.27. The van der Waals surface area contributed by atoms with Crippen LogP contribution >= 0.6 is 0 Å². The molecule has 0 spiro atoms. The fourth-order valence-corrected chi connectivity index (χ4v) is 2.41. The predicted molar refractivity (Wildman–Crippen MR) is 67.0 cm³/mol. The second-order valence-corrected chi connectivity index (χ2v) is 5.29. The highest BCUT2D eigenvalue weighted by Crippen LogP contribution is 2.29. The van der Waals surface area contributed by atoms with Crippen molar-refractivity contribution >= 4 is 5.91 Å². The van der Waals surface area contributed by atoms with Crippen molar-refractivity contribution in [2.75, 3.05) is 0 Å². The number of nitrogens with two attached hydrogens (primary N) is 1. The third-order valence-electron chi connectivity index (χ3n) is 3.88. The zero-order valence-electron chi connectivity index (χ0n) is 10.8. The van der Waals surface area contributed by atoms with Gasteiger partial charge >= 0.3 is 0 Å². The molecule has 16 heavy (non-hydrogen) atoms. The fourth-order valence-electron chi connectivity index (χ4n) is 2.41. The summed E-state index contributed by atoms with van der Waals surface area (Å²) in [5, 5.41) is 3.06. The molecule has 0 aromatic rings. The van der Waals surface area contributed by atoms with E-state index in [4.69, 9.17) is 5.73 Å². The number of amides is 1. The second-order valence-electron chi connectivity index (χ2n) is 5.29. The van der Waals surface area contributed by atoms with Crippen LogP contribution in [0.4, 0.5) is 0 Å². The van der Waals surface area contributed by atoms with Gasteiger partial charge in [0.2, 0.25) is 5.91 Å². The SMILES string of the molecule is CCC(C)NC(=O)C(C)C1CCCC(N)C1. The molecule has 0 radical (unpaired) electrons. The van der Waals surface area contributed by atoms with Crippen LogP contribution in [0.1, 0.15) is 52.9 Å². The first kappa shape index (κ1) is 13.5. The maximum atomic E-state index is 12.0. The third kappa shape index (κ3) is 3.78. The lowest BCUT2D eigenvalue weighted by molar-refractivity contribution is -0.127. The van der Waals surface area contributed by atoms with Gasteiger partial charge in [-0.05, 0) is 38.5 Å². The van der Waals surface area contributed by atoms with Crippen LogP contribution < -0.4 is 11.1 Å². The highest BCUT2D eigenvalue weighted by Gasteiger charge is 2.28. The van der Waals surface area contributed by atoms with Crippen LogP contribution in [0.2, 0.25) is 0 Å². The highest BCUT2D eigenvalue weighted by molar-refractivity contribution is 5.78. The monoisotopic (exact) mass is 226 g/mol. The predicted octanol–water partition coefficient (Wildman–Crippen LogP) is 2.05. The minimum Gasteiger partial charge on any atom is -0.353 e. The van der Waals surface area contributed by atoms with E-state index in [1.54, 1.807) is 0 Å². The number of hydrogen-bond acceptors (Lipinski definition) is 2. The van der Waals surface area contributed by atoms with Crippen molar-refractivity contribution in [2.24, 2.45) is 17.6 Å². The topological polar surface area (TPSA) is 55.1 Å². The Kier molecular flexibility index (Phi) is 5.26. The molecule has 1 fully saturated rings. The van der Waals surface area contributed by atoms with Crippen LogP contribution in [-0.4, -0.2) is 18.0 Å². The molecule has 94 valence electrons. The molecule has 0 aromatic carbocycles. The van der Waals surface area contributed by atoms with Crippen molar-refractivity contribution in [3.8, 4) is 0 Å². The minimum atomic E-state index is 0.111. The summed E-state index contributed by atoms with van der Waals surface area (Å²) in [6.07, 6.45) is 5.45. The number of carbonyl (C=O) groups excluding carboxylic acids is 1. The van der Waals surface area contributed by atoms with Crippen molar-refractivity contribution in [2.45, 2.75) is 65.0 Å². The van der Waals surface area contributed by atoms with Gasteiger partial charge in [-0.25, -0.2) is 0 Å². The quantitative estimate of drug-likeness (QED) is 0.771. The molecule has 3 N–H and O–H groups in total. The maximum Gasteiger partial charge on any atom is 0.223 e. The van der Waals surface area contributed by atoms with Gasteiger partial charge in [-0.2, -0.15) is 0 Å². The van der Waals surface area contributed by atoms with Gasteiger partial charge in [0.05, 0.1) is 0 Å². The molecule has 1 amide bonds. The number of carbonyl (C=O) groups is 1. The summed E-state index contributed by atoms with van der Waals surface area (Å²) >= 11 is 0. The molecule has 1 rings (SSSR count). The fraction of sp³-hybridized carbons (Fsp3) is 0.923. The van der Waals surface area contributed by atoms with Gasteiger partial charge in [0.25, 0.3) is 0 Å². The Bertz CT molecular complexity index is 230. The van der Waals surface area contributed by atoms with Crippen molar-refractivity contribution < 1.29 is 4.79 Å². The zero-order valence-corrected chi connectivity index (χ0v) is 10.8. The Balaban J connectivity index is 2.43. The van der Waals surface area contributed by atoms with Gasteiger partial charge in [0.15, 0.2) is 0 Å². The van der Waals surface area contributed by atoms with Gasteiger partial charge in [0.1, 0.15) is 0 Å². The molecule has 0 bridgehead atoms. The van der Waals surface area contributed by atoms with E-state index in [9.17, 15) is 4.79 Å². The Hall–Kier alpha value is -0.570. The van der Waals surface area contributed by atoms with Gasteiger partial charge in [-0.15, -0.1) is 0 Å². The Labute approximate surface area is 99.2 Å². The molecule has 4 unspecified atom stereocenters. The lowest BCUT2D eigenvalue weighted by Gasteiger charge is -2.31. The number of rotatable bonds is 4. The lowest BCUT2D eigenvalue weighted by atomic mass is 9.78. The first-order valence-corrected chi connectivity index (χ1v) is 6.60. The van der Waals surface area contributed by atoms with E-state index in [0.717, 1.165) is 25.7 Å². The molecule has 0 aromatic heterocycles. The van der Waals surface area contributed by atoms with Gasteiger partial charge in [-0.3, -0.25) is 4.79 Å². The minimum absolute atomic E-state index is 0.111. The average molecular weight is 226 g/mol. The molecule has 1 aliphatic rings. The molecule has 1 saturated carbocycles. The van der Waals surface area contributed by atoms with Crippen LogP contribution in [-0.2, 0) is 4.79 Å². The summed E-state index contributed by atoms with van der Waals surface area (Å²) in [5.41, 5.74) is 5.96. The second kappa shape index (κ2) is 6.24. The van der Waals surface area contributed by atoms with Crippen LogP contribution in [0.5, 0.6) is 0 Å². The van der Waals surface area contributed by atoms with E-state index in [0.29, 0.717) is 12.0 Å². The van der Waals surface area contributed by atoms with Crippen molar-refractivity contribution in [1.82, 2.24) is 5.32 Å². The number of hydrogen-bond donors (Lipinski definition) is 2. The van der Waals surface area contributed by atoms with E-state index in [-0.39, 0.29) is 17.9 Å². The molecule has 3 heteroatoms. The standard InChI is InChI=1S/C13H26N2O/c1-4-9(2)15-13(16)10(3)11-6-5-7-12(14)8-11/h9-12H,4-8,14H2,1-3H3,(H,15,16). The number of nitrogens with one attached hydrogen (secondary N) is 1. The van der Waals surface area contributed by atoms with Crippen molar-refractivity contribution in [3.05, 3.63) is 0 Å².